The second-order valence-electron chi connectivity index (χ2n) is 4.92. The van der Waals surface area contributed by atoms with Crippen LogP contribution in [-0.2, 0) is 5.54 Å². The van der Waals surface area contributed by atoms with Gasteiger partial charge in [0.2, 0.25) is 0 Å². The fourth-order valence-corrected chi connectivity index (χ4v) is 2.29. The van der Waals surface area contributed by atoms with Crippen molar-refractivity contribution in [2.75, 3.05) is 19.0 Å². The predicted octanol–water partition coefficient (Wildman–Crippen LogP) is 3.81. The van der Waals surface area contributed by atoms with E-state index in [0.717, 1.165) is 12.3 Å². The summed E-state index contributed by atoms with van der Waals surface area (Å²) in [6.07, 6.45) is 0. The fourth-order valence-electron chi connectivity index (χ4n) is 2.04. The third-order valence-electron chi connectivity index (χ3n) is 3.31. The first-order chi connectivity index (χ1) is 9.74. The van der Waals surface area contributed by atoms with E-state index in [9.17, 15) is 0 Å². The number of nitrogens with one attached hydrogen (secondary N) is 1. The first-order valence-electron chi connectivity index (χ1n) is 6.79. The number of rotatable bonds is 7. The minimum absolute atomic E-state index is 0.233. The molecule has 0 saturated heterocycles. The van der Waals surface area contributed by atoms with Crippen molar-refractivity contribution in [1.29, 1.82) is 0 Å². The fraction of sp³-hybridized carbons (Fsp3) is 0.294. The second kappa shape index (κ2) is 7.32. The van der Waals surface area contributed by atoms with Crippen molar-refractivity contribution in [2.24, 2.45) is 0 Å². The molecule has 0 fully saturated rings. The van der Waals surface area contributed by atoms with E-state index in [4.69, 9.17) is 16.3 Å². The van der Waals surface area contributed by atoms with Crippen molar-refractivity contribution in [3.05, 3.63) is 66.2 Å². The van der Waals surface area contributed by atoms with Crippen LogP contribution in [0.4, 0.5) is 0 Å². The number of benzene rings is 2. The third-order valence-corrected chi connectivity index (χ3v) is 3.84. The molecule has 2 aromatic carbocycles. The first-order valence-corrected chi connectivity index (χ1v) is 7.32. The van der Waals surface area contributed by atoms with Gasteiger partial charge in [-0.05, 0) is 24.6 Å². The molecule has 0 aliphatic heterocycles. The Labute approximate surface area is 125 Å². The molecule has 2 aromatic rings. The second-order valence-corrected chi connectivity index (χ2v) is 5.19. The number of alkyl halides is 1. The Bertz CT molecular complexity index is 503. The van der Waals surface area contributed by atoms with Gasteiger partial charge in [0.25, 0.3) is 0 Å². The SMILES string of the molecule is CC(CCl)(NCCOc1ccccc1)c1ccccc1. The molecule has 0 spiro atoms. The zero-order valence-corrected chi connectivity index (χ0v) is 12.4. The lowest BCUT2D eigenvalue weighted by Gasteiger charge is -2.29. The topological polar surface area (TPSA) is 21.3 Å². The molecular formula is C17H20ClNO. The summed E-state index contributed by atoms with van der Waals surface area (Å²) in [5.74, 6) is 1.41. The third kappa shape index (κ3) is 3.99. The Morgan fingerprint density at radius 1 is 1.00 bits per heavy atom. The smallest absolute Gasteiger partial charge is 0.119 e. The Morgan fingerprint density at radius 3 is 2.20 bits per heavy atom. The van der Waals surface area contributed by atoms with Crippen molar-refractivity contribution < 1.29 is 4.74 Å². The summed E-state index contributed by atoms with van der Waals surface area (Å²) >= 11 is 6.14. The van der Waals surface area contributed by atoms with E-state index in [1.807, 2.05) is 48.5 Å². The van der Waals surface area contributed by atoms with Gasteiger partial charge in [0.1, 0.15) is 12.4 Å². The number of halogens is 1. The van der Waals surface area contributed by atoms with E-state index in [1.54, 1.807) is 0 Å². The molecule has 0 heterocycles. The van der Waals surface area contributed by atoms with E-state index in [-0.39, 0.29) is 5.54 Å². The summed E-state index contributed by atoms with van der Waals surface area (Å²) < 4.78 is 5.68. The quantitative estimate of drug-likeness (QED) is 0.618. The van der Waals surface area contributed by atoms with Crippen molar-refractivity contribution in [2.45, 2.75) is 12.5 Å². The van der Waals surface area contributed by atoms with Gasteiger partial charge in [-0.15, -0.1) is 11.6 Å². The first kappa shape index (κ1) is 14.9. The van der Waals surface area contributed by atoms with Crippen molar-refractivity contribution in [1.82, 2.24) is 5.32 Å². The zero-order chi connectivity index (χ0) is 14.3. The highest BCUT2D eigenvalue weighted by molar-refractivity contribution is 6.18. The number of hydrogen-bond donors (Lipinski definition) is 1. The van der Waals surface area contributed by atoms with E-state index in [1.165, 1.54) is 5.56 Å². The molecule has 2 rings (SSSR count). The summed E-state index contributed by atoms with van der Waals surface area (Å²) in [4.78, 5) is 0. The molecule has 2 nitrogen and oxygen atoms in total. The van der Waals surface area contributed by atoms with Gasteiger partial charge in [0.05, 0.1) is 5.54 Å². The van der Waals surface area contributed by atoms with Crippen LogP contribution < -0.4 is 10.1 Å². The van der Waals surface area contributed by atoms with E-state index in [0.29, 0.717) is 12.5 Å². The van der Waals surface area contributed by atoms with Crippen LogP contribution >= 0.6 is 11.6 Å². The van der Waals surface area contributed by atoms with Crippen LogP contribution in [0.5, 0.6) is 5.75 Å². The summed E-state index contributed by atoms with van der Waals surface area (Å²) in [5, 5.41) is 3.48. The van der Waals surface area contributed by atoms with Gasteiger partial charge >= 0.3 is 0 Å². The van der Waals surface area contributed by atoms with Crippen LogP contribution in [0, 0.1) is 0 Å². The molecular weight excluding hydrogens is 270 g/mol. The summed E-state index contributed by atoms with van der Waals surface area (Å²) in [5.41, 5.74) is 0.956. The molecule has 0 bridgehead atoms. The molecule has 1 unspecified atom stereocenters. The molecule has 1 N–H and O–H groups in total. The average molecular weight is 290 g/mol. The Balaban J connectivity index is 1.85. The minimum atomic E-state index is -0.233. The number of para-hydroxylation sites is 1. The summed E-state index contributed by atoms with van der Waals surface area (Å²) in [6.45, 7) is 3.47. The van der Waals surface area contributed by atoms with Crippen LogP contribution in [0.2, 0.25) is 0 Å². The van der Waals surface area contributed by atoms with Crippen LogP contribution in [0.25, 0.3) is 0 Å². The van der Waals surface area contributed by atoms with Gasteiger partial charge in [0.15, 0.2) is 0 Å². The lowest BCUT2D eigenvalue weighted by Crippen LogP contribution is -2.43. The highest BCUT2D eigenvalue weighted by atomic mass is 35.5. The normalized spacial score (nSPS) is 13.7. The highest BCUT2D eigenvalue weighted by Gasteiger charge is 2.24. The molecule has 0 aliphatic rings. The van der Waals surface area contributed by atoms with Crippen LogP contribution in [0.1, 0.15) is 12.5 Å². The van der Waals surface area contributed by atoms with Gasteiger partial charge in [-0.25, -0.2) is 0 Å². The molecule has 0 aromatic heterocycles. The Kier molecular flexibility index (Phi) is 5.45. The van der Waals surface area contributed by atoms with Crippen LogP contribution in [0.15, 0.2) is 60.7 Å². The Morgan fingerprint density at radius 2 is 1.60 bits per heavy atom. The molecule has 0 amide bonds. The van der Waals surface area contributed by atoms with Crippen molar-refractivity contribution in [3.63, 3.8) is 0 Å². The minimum Gasteiger partial charge on any atom is -0.492 e. The number of hydrogen-bond acceptors (Lipinski definition) is 2. The van der Waals surface area contributed by atoms with Gasteiger partial charge in [-0.1, -0.05) is 48.5 Å². The van der Waals surface area contributed by atoms with Gasteiger partial charge < -0.3 is 10.1 Å². The van der Waals surface area contributed by atoms with E-state index < -0.39 is 0 Å². The van der Waals surface area contributed by atoms with Crippen LogP contribution in [0.3, 0.4) is 0 Å². The predicted molar refractivity (Wildman–Crippen MR) is 84.5 cm³/mol. The maximum absolute atomic E-state index is 6.14. The molecule has 0 saturated carbocycles. The molecule has 0 radical (unpaired) electrons. The maximum atomic E-state index is 6.14. The van der Waals surface area contributed by atoms with Gasteiger partial charge in [-0.3, -0.25) is 0 Å². The van der Waals surface area contributed by atoms with Crippen molar-refractivity contribution in [3.8, 4) is 5.75 Å². The van der Waals surface area contributed by atoms with Gasteiger partial charge in [0, 0.05) is 12.4 Å². The summed E-state index contributed by atoms with van der Waals surface area (Å²) in [6, 6.07) is 20.1. The summed E-state index contributed by atoms with van der Waals surface area (Å²) in [7, 11) is 0. The van der Waals surface area contributed by atoms with Crippen molar-refractivity contribution >= 4 is 11.6 Å². The molecule has 20 heavy (non-hydrogen) atoms. The standard InChI is InChI=1S/C17H20ClNO/c1-17(14-18,15-8-4-2-5-9-15)19-12-13-20-16-10-6-3-7-11-16/h2-11,19H,12-14H2,1H3. The molecule has 106 valence electrons. The monoisotopic (exact) mass is 289 g/mol. The van der Waals surface area contributed by atoms with E-state index >= 15 is 0 Å². The van der Waals surface area contributed by atoms with E-state index in [2.05, 4.69) is 24.4 Å². The zero-order valence-electron chi connectivity index (χ0n) is 11.7. The highest BCUT2D eigenvalue weighted by Crippen LogP contribution is 2.21. The lowest BCUT2D eigenvalue weighted by molar-refractivity contribution is 0.286. The largest absolute Gasteiger partial charge is 0.492 e. The Hall–Kier alpha value is -1.51. The maximum Gasteiger partial charge on any atom is 0.119 e. The molecule has 0 aliphatic carbocycles. The van der Waals surface area contributed by atoms with Gasteiger partial charge in [-0.2, -0.15) is 0 Å². The number of ether oxygens (including phenoxy) is 1. The molecule has 1 atom stereocenters. The lowest BCUT2D eigenvalue weighted by atomic mass is 9.94. The van der Waals surface area contributed by atoms with Crippen LogP contribution in [-0.4, -0.2) is 19.0 Å². The molecule has 3 heteroatoms. The average Bonchev–Trinajstić information content (AvgIpc) is 2.53.